The Morgan fingerprint density at radius 3 is 2.39 bits per heavy atom. The molecule has 0 amide bonds. The van der Waals surface area contributed by atoms with Gasteiger partial charge in [0.25, 0.3) is 0 Å². The summed E-state index contributed by atoms with van der Waals surface area (Å²) in [6, 6.07) is 25.2. The molecule has 206 valence electrons. The molecule has 3 aromatic heterocycles. The number of hydrogen-bond acceptors (Lipinski definition) is 7. The number of benzene rings is 2. The van der Waals surface area contributed by atoms with Gasteiger partial charge in [0.05, 0.1) is 24.5 Å². The molecule has 5 aromatic rings. The lowest BCUT2D eigenvalue weighted by atomic mass is 9.73. The van der Waals surface area contributed by atoms with Crippen molar-refractivity contribution in [2.24, 2.45) is 17.6 Å². The molecule has 2 atom stereocenters. The van der Waals surface area contributed by atoms with Crippen LogP contribution in [0.1, 0.15) is 24.8 Å². The van der Waals surface area contributed by atoms with Gasteiger partial charge in [0.2, 0.25) is 0 Å². The van der Waals surface area contributed by atoms with Crippen molar-refractivity contribution in [3.05, 3.63) is 84.6 Å². The van der Waals surface area contributed by atoms with Crippen LogP contribution in [0.25, 0.3) is 39.5 Å². The second kappa shape index (κ2) is 9.39. The first-order valence-corrected chi connectivity index (χ1v) is 14.5. The molecule has 8 heteroatoms. The highest BCUT2D eigenvalue weighted by atomic mass is 16.5. The highest BCUT2D eigenvalue weighted by Gasteiger charge is 2.37. The molecule has 1 aliphatic carbocycles. The van der Waals surface area contributed by atoms with Crippen LogP contribution in [0, 0.1) is 11.8 Å². The smallest absolute Gasteiger partial charge is 0.165 e. The van der Waals surface area contributed by atoms with Crippen molar-refractivity contribution in [2.75, 3.05) is 36.9 Å². The molecule has 0 spiro atoms. The van der Waals surface area contributed by atoms with Gasteiger partial charge in [0.15, 0.2) is 11.5 Å². The maximum Gasteiger partial charge on any atom is 0.165 e. The number of hydrogen-bond donors (Lipinski definition) is 2. The average molecular weight is 544 g/mol. The molecule has 3 fully saturated rings. The molecule has 2 aliphatic heterocycles. The maximum atomic E-state index is 6.63. The number of fused-ring (bicyclic) bond motifs is 2. The number of aromatic nitrogens is 4. The summed E-state index contributed by atoms with van der Waals surface area (Å²) in [4.78, 5) is 17.0. The van der Waals surface area contributed by atoms with Gasteiger partial charge < -0.3 is 21.1 Å². The van der Waals surface area contributed by atoms with E-state index < -0.39 is 0 Å². The van der Waals surface area contributed by atoms with Crippen molar-refractivity contribution in [2.45, 2.75) is 24.8 Å². The van der Waals surface area contributed by atoms with Crippen molar-refractivity contribution in [3.8, 4) is 28.3 Å². The summed E-state index contributed by atoms with van der Waals surface area (Å²) in [6.45, 7) is 3.84. The van der Waals surface area contributed by atoms with Crippen molar-refractivity contribution in [3.63, 3.8) is 0 Å². The van der Waals surface area contributed by atoms with Crippen LogP contribution in [-0.2, 0) is 10.3 Å². The molecule has 8 nitrogen and oxygen atoms in total. The van der Waals surface area contributed by atoms with Gasteiger partial charge in [0.1, 0.15) is 11.3 Å². The fourth-order valence-corrected chi connectivity index (χ4v) is 6.70. The third-order valence-electron chi connectivity index (χ3n) is 9.28. The predicted molar refractivity (Wildman–Crippen MR) is 162 cm³/mol. The minimum Gasteiger partial charge on any atom is -0.383 e. The van der Waals surface area contributed by atoms with E-state index in [2.05, 4.69) is 69.0 Å². The summed E-state index contributed by atoms with van der Waals surface area (Å²) < 4.78 is 7.78. The highest BCUT2D eigenvalue weighted by Crippen LogP contribution is 2.40. The van der Waals surface area contributed by atoms with Crippen molar-refractivity contribution >= 4 is 22.7 Å². The Bertz CT molecular complexity index is 1750. The lowest BCUT2D eigenvalue weighted by Gasteiger charge is -2.38. The fraction of sp³-hybridized carbons (Fsp3) is 0.303. The molecule has 2 aromatic carbocycles. The van der Waals surface area contributed by atoms with Crippen LogP contribution >= 0.6 is 0 Å². The Kier molecular flexibility index (Phi) is 5.62. The molecule has 8 rings (SSSR count). The van der Waals surface area contributed by atoms with E-state index in [1.54, 1.807) is 6.20 Å². The minimum atomic E-state index is -0.219. The largest absolute Gasteiger partial charge is 0.383 e. The Morgan fingerprint density at radius 1 is 0.854 bits per heavy atom. The van der Waals surface area contributed by atoms with E-state index in [0.29, 0.717) is 23.5 Å². The van der Waals surface area contributed by atoms with Crippen LogP contribution in [0.4, 0.5) is 11.5 Å². The molecular formula is C33H33N7O. The van der Waals surface area contributed by atoms with Crippen LogP contribution in [0.15, 0.2) is 79.0 Å². The molecule has 4 N–H and O–H groups in total. The molecule has 1 saturated carbocycles. The van der Waals surface area contributed by atoms with E-state index >= 15 is 0 Å². The summed E-state index contributed by atoms with van der Waals surface area (Å²) in [6.07, 6.45) is 4.92. The molecule has 41 heavy (non-hydrogen) atoms. The van der Waals surface area contributed by atoms with Gasteiger partial charge in [-0.15, -0.1) is 0 Å². The van der Waals surface area contributed by atoms with Gasteiger partial charge in [0, 0.05) is 53.6 Å². The van der Waals surface area contributed by atoms with Crippen LogP contribution in [0.5, 0.6) is 0 Å². The second-order valence-electron chi connectivity index (χ2n) is 11.8. The molecule has 3 aliphatic rings. The number of imidazole rings is 1. The summed E-state index contributed by atoms with van der Waals surface area (Å²) in [5, 5.41) is 0. The normalized spacial score (nSPS) is 21.2. The molecule has 5 heterocycles. The summed E-state index contributed by atoms with van der Waals surface area (Å²) >= 11 is 0. The third-order valence-corrected chi connectivity index (χ3v) is 9.28. The first kappa shape index (κ1) is 24.5. The summed E-state index contributed by atoms with van der Waals surface area (Å²) in [5.74, 6) is 2.41. The van der Waals surface area contributed by atoms with E-state index in [-0.39, 0.29) is 5.54 Å². The van der Waals surface area contributed by atoms with Crippen molar-refractivity contribution in [1.29, 1.82) is 0 Å². The average Bonchev–Trinajstić information content (AvgIpc) is 3.70. The van der Waals surface area contributed by atoms with Crippen molar-refractivity contribution < 1.29 is 4.74 Å². The molecule has 0 bridgehead atoms. The van der Waals surface area contributed by atoms with E-state index in [1.165, 1.54) is 17.7 Å². The number of nitrogens with zero attached hydrogens (tertiary/aromatic N) is 5. The quantitative estimate of drug-likeness (QED) is 0.316. The van der Waals surface area contributed by atoms with E-state index in [0.717, 1.165) is 72.8 Å². The Balaban J connectivity index is 1.23. The van der Waals surface area contributed by atoms with Gasteiger partial charge in [-0.2, -0.15) is 0 Å². The topological polar surface area (TPSA) is 108 Å². The molecule has 0 radical (unpaired) electrons. The Morgan fingerprint density at radius 2 is 1.66 bits per heavy atom. The number of nitrogen functional groups attached to an aromatic ring is 1. The zero-order valence-electron chi connectivity index (χ0n) is 22.9. The SMILES string of the molecule is Nc1ncccc1-c1nc2ccc(-c3cccc(N4CC5COCC5C4)c3)nc2n1-c1ccc(C2(N)CCC2)cc1. The predicted octanol–water partition coefficient (Wildman–Crippen LogP) is 5.15. The van der Waals surface area contributed by atoms with Crippen LogP contribution in [-0.4, -0.2) is 45.8 Å². The van der Waals surface area contributed by atoms with Gasteiger partial charge in [-0.05, 0) is 73.4 Å². The Hall–Kier alpha value is -4.27. The van der Waals surface area contributed by atoms with E-state index in [4.69, 9.17) is 26.2 Å². The Labute approximate surface area is 239 Å². The van der Waals surface area contributed by atoms with E-state index in [9.17, 15) is 0 Å². The van der Waals surface area contributed by atoms with Crippen LogP contribution < -0.4 is 16.4 Å². The zero-order valence-corrected chi connectivity index (χ0v) is 22.9. The lowest BCUT2D eigenvalue weighted by molar-refractivity contribution is 0.177. The fourth-order valence-electron chi connectivity index (χ4n) is 6.70. The zero-order chi connectivity index (χ0) is 27.6. The monoisotopic (exact) mass is 543 g/mol. The number of nitrogens with two attached hydrogens (primary N) is 2. The first-order valence-electron chi connectivity index (χ1n) is 14.5. The number of rotatable bonds is 5. The third kappa shape index (κ3) is 4.09. The van der Waals surface area contributed by atoms with Gasteiger partial charge in [-0.1, -0.05) is 24.3 Å². The summed E-state index contributed by atoms with van der Waals surface area (Å²) in [5.41, 5.74) is 20.5. The van der Waals surface area contributed by atoms with Gasteiger partial charge in [-0.3, -0.25) is 4.57 Å². The number of ether oxygens (including phenoxy) is 1. The van der Waals surface area contributed by atoms with Crippen molar-refractivity contribution in [1.82, 2.24) is 19.5 Å². The van der Waals surface area contributed by atoms with Gasteiger partial charge >= 0.3 is 0 Å². The first-order chi connectivity index (χ1) is 20.1. The number of anilines is 2. The van der Waals surface area contributed by atoms with Gasteiger partial charge in [-0.25, -0.2) is 15.0 Å². The van der Waals surface area contributed by atoms with Crippen LogP contribution in [0.3, 0.4) is 0 Å². The molecule has 2 unspecified atom stereocenters. The highest BCUT2D eigenvalue weighted by molar-refractivity contribution is 5.85. The lowest BCUT2D eigenvalue weighted by Crippen LogP contribution is -2.43. The van der Waals surface area contributed by atoms with E-state index in [1.807, 2.05) is 18.2 Å². The molecule has 2 saturated heterocycles. The standard InChI is InChI=1S/C33H33N7O/c34-30-27(6-2-15-36-30)31-38-29-12-11-28(21-4-1-5-26(16-21)39-17-22-19-41-20-23(22)18-39)37-32(29)40(31)25-9-7-24(8-10-25)33(35)13-3-14-33/h1-2,4-12,15-16,22-23H,3,13-14,17-20,35H2,(H2,34,36). The molecular weight excluding hydrogens is 510 g/mol. The minimum absolute atomic E-state index is 0.219. The van der Waals surface area contributed by atoms with Crippen LogP contribution in [0.2, 0.25) is 0 Å². The maximum absolute atomic E-state index is 6.63. The number of pyridine rings is 2. The summed E-state index contributed by atoms with van der Waals surface area (Å²) in [7, 11) is 0. The second-order valence-corrected chi connectivity index (χ2v) is 11.8.